The van der Waals surface area contributed by atoms with Gasteiger partial charge in [-0.05, 0) is 38.7 Å². The summed E-state index contributed by atoms with van der Waals surface area (Å²) in [7, 11) is 0. The molecule has 0 radical (unpaired) electrons. The molecule has 3 rings (SSSR count). The van der Waals surface area contributed by atoms with E-state index in [0.29, 0.717) is 28.1 Å². The largest absolute Gasteiger partial charge is 0.480 e. The molecule has 1 amide bonds. The third kappa shape index (κ3) is 2.74. The van der Waals surface area contributed by atoms with Crippen LogP contribution in [0.4, 0.5) is 0 Å². The quantitative estimate of drug-likeness (QED) is 0.905. The molecule has 2 aromatic rings. The standard InChI is InChI=1S/C17H21N3O4/c1-8(2)14-13-12(7-9(3)18-15(13)24-19-14)16(21)20(11-5-6-11)10(4)17(22)23/h7-8,10-11H,5-6H2,1-4H3,(H,22,23). The molecule has 1 atom stereocenters. The average molecular weight is 331 g/mol. The maximum Gasteiger partial charge on any atom is 0.326 e. The number of rotatable bonds is 5. The topological polar surface area (TPSA) is 96.5 Å². The van der Waals surface area contributed by atoms with Crippen LogP contribution in [0.15, 0.2) is 10.6 Å². The highest BCUT2D eigenvalue weighted by molar-refractivity contribution is 6.07. The Morgan fingerprint density at radius 3 is 2.54 bits per heavy atom. The van der Waals surface area contributed by atoms with Crippen LogP contribution in [0.3, 0.4) is 0 Å². The van der Waals surface area contributed by atoms with Crippen molar-refractivity contribution in [2.75, 3.05) is 0 Å². The molecule has 1 fully saturated rings. The van der Waals surface area contributed by atoms with Crippen LogP contribution >= 0.6 is 0 Å². The fourth-order valence-electron chi connectivity index (χ4n) is 2.93. The monoisotopic (exact) mass is 331 g/mol. The number of amides is 1. The average Bonchev–Trinajstić information content (AvgIpc) is 3.24. The zero-order valence-corrected chi connectivity index (χ0v) is 14.2. The van der Waals surface area contributed by atoms with E-state index in [9.17, 15) is 14.7 Å². The van der Waals surface area contributed by atoms with Crippen molar-refractivity contribution in [1.29, 1.82) is 0 Å². The van der Waals surface area contributed by atoms with Crippen LogP contribution in [0.25, 0.3) is 11.1 Å². The van der Waals surface area contributed by atoms with E-state index in [4.69, 9.17) is 4.52 Å². The molecule has 7 heteroatoms. The van der Waals surface area contributed by atoms with Gasteiger partial charge in [0.25, 0.3) is 11.6 Å². The SMILES string of the molecule is Cc1cc(C(=O)N(C2CC2)C(C)C(=O)O)c2c(C(C)C)noc2n1. The van der Waals surface area contributed by atoms with Gasteiger partial charge in [0.05, 0.1) is 16.6 Å². The Balaban J connectivity index is 2.14. The smallest absolute Gasteiger partial charge is 0.326 e. The van der Waals surface area contributed by atoms with Crippen molar-refractivity contribution in [1.82, 2.24) is 15.0 Å². The molecule has 1 aliphatic rings. The number of carboxylic acid groups (broad SMARTS) is 1. The Morgan fingerprint density at radius 2 is 2.00 bits per heavy atom. The van der Waals surface area contributed by atoms with E-state index >= 15 is 0 Å². The zero-order valence-electron chi connectivity index (χ0n) is 14.2. The lowest BCUT2D eigenvalue weighted by Crippen LogP contribution is -2.44. The molecular formula is C17H21N3O4. The summed E-state index contributed by atoms with van der Waals surface area (Å²) < 4.78 is 5.30. The summed E-state index contributed by atoms with van der Waals surface area (Å²) in [6.07, 6.45) is 1.66. The molecule has 0 spiro atoms. The van der Waals surface area contributed by atoms with E-state index in [1.165, 1.54) is 4.90 Å². The van der Waals surface area contributed by atoms with Crippen LogP contribution in [0.5, 0.6) is 0 Å². The third-order valence-corrected chi connectivity index (χ3v) is 4.33. The van der Waals surface area contributed by atoms with Crippen molar-refractivity contribution in [2.24, 2.45) is 0 Å². The molecule has 24 heavy (non-hydrogen) atoms. The number of aromatic nitrogens is 2. The number of hydrogen-bond donors (Lipinski definition) is 1. The Bertz CT molecular complexity index is 808. The number of carboxylic acids is 1. The summed E-state index contributed by atoms with van der Waals surface area (Å²) in [4.78, 5) is 30.4. The minimum absolute atomic E-state index is 0.0190. The van der Waals surface area contributed by atoms with Crippen LogP contribution in [0.2, 0.25) is 0 Å². The number of aryl methyl sites for hydroxylation is 1. The Morgan fingerprint density at radius 1 is 1.33 bits per heavy atom. The molecule has 7 nitrogen and oxygen atoms in total. The van der Waals surface area contributed by atoms with Gasteiger partial charge >= 0.3 is 5.97 Å². The predicted molar refractivity (Wildman–Crippen MR) is 86.9 cm³/mol. The highest BCUT2D eigenvalue weighted by Crippen LogP contribution is 2.33. The highest BCUT2D eigenvalue weighted by Gasteiger charge is 2.40. The van der Waals surface area contributed by atoms with Gasteiger partial charge in [0.15, 0.2) is 0 Å². The van der Waals surface area contributed by atoms with Gasteiger partial charge in [-0.25, -0.2) is 9.78 Å². The maximum absolute atomic E-state index is 13.2. The van der Waals surface area contributed by atoms with Crippen LogP contribution in [-0.2, 0) is 4.79 Å². The van der Waals surface area contributed by atoms with Crippen molar-refractivity contribution in [3.63, 3.8) is 0 Å². The summed E-state index contributed by atoms with van der Waals surface area (Å²) in [5.41, 5.74) is 2.04. The first-order valence-electron chi connectivity index (χ1n) is 8.13. The fraction of sp³-hybridized carbons (Fsp3) is 0.529. The van der Waals surface area contributed by atoms with Crippen LogP contribution in [0.1, 0.15) is 61.3 Å². The molecule has 2 heterocycles. The number of fused-ring (bicyclic) bond motifs is 1. The van der Waals surface area contributed by atoms with Gasteiger partial charge in [0.1, 0.15) is 6.04 Å². The molecule has 0 aliphatic heterocycles. The van der Waals surface area contributed by atoms with Crippen molar-refractivity contribution in [3.05, 3.63) is 23.0 Å². The van der Waals surface area contributed by atoms with E-state index in [2.05, 4.69) is 10.1 Å². The number of carbonyl (C=O) groups excluding carboxylic acids is 1. The summed E-state index contributed by atoms with van der Waals surface area (Å²) in [6.45, 7) is 7.24. The van der Waals surface area contributed by atoms with Crippen LogP contribution in [-0.4, -0.2) is 44.1 Å². The second kappa shape index (κ2) is 5.89. The molecule has 1 saturated carbocycles. The molecule has 2 aromatic heterocycles. The molecule has 1 unspecified atom stereocenters. The zero-order chi connectivity index (χ0) is 17.6. The number of nitrogens with zero attached hydrogens (tertiary/aromatic N) is 3. The number of carbonyl (C=O) groups is 2. The van der Waals surface area contributed by atoms with Crippen LogP contribution in [0, 0.1) is 6.92 Å². The molecule has 0 saturated heterocycles. The molecule has 1 N–H and O–H groups in total. The van der Waals surface area contributed by atoms with Gasteiger partial charge in [-0.3, -0.25) is 4.79 Å². The maximum atomic E-state index is 13.2. The molecule has 0 bridgehead atoms. The predicted octanol–water partition coefficient (Wildman–Crippen LogP) is 2.73. The molecule has 128 valence electrons. The highest BCUT2D eigenvalue weighted by atomic mass is 16.5. The van der Waals surface area contributed by atoms with Crippen molar-refractivity contribution in [2.45, 2.75) is 58.5 Å². The lowest BCUT2D eigenvalue weighted by atomic mass is 10.0. The van der Waals surface area contributed by atoms with Gasteiger partial charge in [-0.2, -0.15) is 0 Å². The Labute approximate surface area is 139 Å². The lowest BCUT2D eigenvalue weighted by Gasteiger charge is -2.27. The summed E-state index contributed by atoms with van der Waals surface area (Å²) in [5, 5.41) is 14.0. The number of hydrogen-bond acceptors (Lipinski definition) is 5. The van der Waals surface area contributed by atoms with Crippen LogP contribution < -0.4 is 0 Å². The fourth-order valence-corrected chi connectivity index (χ4v) is 2.93. The number of aliphatic carboxylic acids is 1. The van der Waals surface area contributed by atoms with Crippen molar-refractivity contribution < 1.29 is 19.2 Å². The Kier molecular flexibility index (Phi) is 4.03. The summed E-state index contributed by atoms with van der Waals surface area (Å²) in [6, 6.07) is 0.794. The van der Waals surface area contributed by atoms with Gasteiger partial charge in [-0.1, -0.05) is 19.0 Å². The van der Waals surface area contributed by atoms with Gasteiger partial charge in [-0.15, -0.1) is 0 Å². The summed E-state index contributed by atoms with van der Waals surface area (Å²) in [5.74, 6) is -1.24. The summed E-state index contributed by atoms with van der Waals surface area (Å²) >= 11 is 0. The van der Waals surface area contributed by atoms with Crippen molar-refractivity contribution >= 4 is 23.0 Å². The molecule has 0 aromatic carbocycles. The number of pyridine rings is 1. The van der Waals surface area contributed by atoms with E-state index in [-0.39, 0.29) is 17.9 Å². The normalized spacial score (nSPS) is 15.7. The van der Waals surface area contributed by atoms with E-state index in [0.717, 1.165) is 12.8 Å². The van der Waals surface area contributed by atoms with E-state index in [1.807, 2.05) is 13.8 Å². The second-order valence-electron chi connectivity index (χ2n) is 6.67. The minimum Gasteiger partial charge on any atom is -0.480 e. The Hall–Kier alpha value is -2.44. The first kappa shape index (κ1) is 16.4. The van der Waals surface area contributed by atoms with Gasteiger partial charge < -0.3 is 14.5 Å². The minimum atomic E-state index is -1.01. The van der Waals surface area contributed by atoms with Gasteiger partial charge in [0, 0.05) is 11.7 Å². The lowest BCUT2D eigenvalue weighted by molar-refractivity contribution is -0.141. The van der Waals surface area contributed by atoms with E-state index in [1.54, 1.807) is 19.9 Å². The van der Waals surface area contributed by atoms with Gasteiger partial charge in [0.2, 0.25) is 0 Å². The first-order valence-corrected chi connectivity index (χ1v) is 8.13. The molecular weight excluding hydrogens is 310 g/mol. The van der Waals surface area contributed by atoms with Crippen molar-refractivity contribution in [3.8, 4) is 0 Å². The first-order chi connectivity index (χ1) is 11.3. The van der Waals surface area contributed by atoms with E-state index < -0.39 is 12.0 Å². The molecule has 1 aliphatic carbocycles. The third-order valence-electron chi connectivity index (χ3n) is 4.33. The second-order valence-corrected chi connectivity index (χ2v) is 6.67.